The summed E-state index contributed by atoms with van der Waals surface area (Å²) in [5.41, 5.74) is -1.03. The molecule has 0 fully saturated rings. The van der Waals surface area contributed by atoms with E-state index in [1.807, 2.05) is 11.4 Å². The second-order valence-corrected chi connectivity index (χ2v) is 4.71. The molecule has 1 unspecified atom stereocenters. The van der Waals surface area contributed by atoms with E-state index in [1.165, 1.54) is 24.6 Å². The summed E-state index contributed by atoms with van der Waals surface area (Å²) in [6.45, 7) is 1.11. The van der Waals surface area contributed by atoms with Gasteiger partial charge in [-0.2, -0.15) is 0 Å². The van der Waals surface area contributed by atoms with E-state index in [9.17, 15) is 9.90 Å². The number of carboxylic acids is 1. The van der Waals surface area contributed by atoms with Gasteiger partial charge in [-0.25, -0.2) is 14.8 Å². The van der Waals surface area contributed by atoms with Gasteiger partial charge in [0.25, 0.3) is 0 Å². The number of nitrogens with zero attached hydrogens (tertiary/aromatic N) is 2. The average molecular weight is 253 g/mol. The maximum absolute atomic E-state index is 10.7. The molecule has 2 heterocycles. The van der Waals surface area contributed by atoms with Crippen molar-refractivity contribution in [2.45, 2.75) is 12.5 Å². The van der Waals surface area contributed by atoms with Crippen LogP contribution in [0.5, 0.6) is 0 Å². The van der Waals surface area contributed by atoms with Crippen molar-refractivity contribution in [3.63, 3.8) is 0 Å². The Kier molecular flexibility index (Phi) is 2.95. The van der Waals surface area contributed by atoms with E-state index in [4.69, 9.17) is 5.11 Å². The van der Waals surface area contributed by atoms with Gasteiger partial charge in [-0.15, -0.1) is 11.3 Å². The van der Waals surface area contributed by atoms with Crippen molar-refractivity contribution in [3.05, 3.63) is 17.8 Å². The van der Waals surface area contributed by atoms with Gasteiger partial charge in [0, 0.05) is 0 Å². The number of anilines is 1. The minimum absolute atomic E-state index is 0.119. The fourth-order valence-corrected chi connectivity index (χ4v) is 2.06. The largest absolute Gasteiger partial charge is 0.479 e. The maximum Gasteiger partial charge on any atom is 0.337 e. The molecule has 1 atom stereocenters. The van der Waals surface area contributed by atoms with Crippen LogP contribution in [0.1, 0.15) is 6.92 Å². The number of thiophene rings is 1. The highest BCUT2D eigenvalue weighted by Gasteiger charge is 2.29. The molecule has 2 aromatic rings. The molecule has 0 amide bonds. The van der Waals surface area contributed by atoms with Crippen molar-refractivity contribution in [1.82, 2.24) is 9.97 Å². The quantitative estimate of drug-likeness (QED) is 0.750. The first-order chi connectivity index (χ1) is 8.00. The van der Waals surface area contributed by atoms with Gasteiger partial charge in [0.2, 0.25) is 0 Å². The van der Waals surface area contributed by atoms with Gasteiger partial charge < -0.3 is 15.5 Å². The Hall–Kier alpha value is -1.73. The number of fused-ring (bicyclic) bond motifs is 1. The van der Waals surface area contributed by atoms with Crippen LogP contribution in [0.2, 0.25) is 0 Å². The van der Waals surface area contributed by atoms with E-state index in [1.54, 1.807) is 0 Å². The van der Waals surface area contributed by atoms with E-state index in [-0.39, 0.29) is 6.54 Å². The first-order valence-electron chi connectivity index (χ1n) is 4.88. The number of carbonyl (C=O) groups is 1. The summed E-state index contributed by atoms with van der Waals surface area (Å²) >= 11 is 1.46. The molecule has 0 saturated carbocycles. The Balaban J connectivity index is 2.19. The molecule has 2 aromatic heterocycles. The highest BCUT2D eigenvalue weighted by molar-refractivity contribution is 7.17. The van der Waals surface area contributed by atoms with E-state index >= 15 is 0 Å². The third-order valence-electron chi connectivity index (χ3n) is 2.30. The van der Waals surface area contributed by atoms with Crippen LogP contribution in [0.25, 0.3) is 10.2 Å². The molecule has 7 heteroatoms. The summed E-state index contributed by atoms with van der Waals surface area (Å²) < 4.78 is 0.841. The minimum Gasteiger partial charge on any atom is -0.479 e. The third-order valence-corrected chi connectivity index (χ3v) is 3.21. The van der Waals surface area contributed by atoms with Crippen LogP contribution >= 0.6 is 11.3 Å². The number of hydrogen-bond donors (Lipinski definition) is 3. The molecule has 90 valence electrons. The molecule has 0 aliphatic heterocycles. The fourth-order valence-electron chi connectivity index (χ4n) is 1.25. The van der Waals surface area contributed by atoms with E-state index in [2.05, 4.69) is 15.3 Å². The van der Waals surface area contributed by atoms with Gasteiger partial charge in [0.05, 0.1) is 16.8 Å². The minimum atomic E-state index is -1.82. The van der Waals surface area contributed by atoms with Gasteiger partial charge in [-0.3, -0.25) is 0 Å². The van der Waals surface area contributed by atoms with Crippen molar-refractivity contribution in [3.8, 4) is 0 Å². The molecule has 2 rings (SSSR count). The summed E-state index contributed by atoms with van der Waals surface area (Å²) in [6, 6.07) is 1.85. The molecule has 0 aromatic carbocycles. The van der Waals surface area contributed by atoms with Crippen molar-refractivity contribution in [1.29, 1.82) is 0 Å². The zero-order valence-electron chi connectivity index (χ0n) is 9.04. The Morgan fingerprint density at radius 3 is 3.06 bits per heavy atom. The number of nitrogens with one attached hydrogen (secondary N) is 1. The van der Waals surface area contributed by atoms with Crippen LogP contribution < -0.4 is 5.32 Å². The molecule has 3 N–H and O–H groups in total. The number of hydrogen-bond acceptors (Lipinski definition) is 6. The summed E-state index contributed by atoms with van der Waals surface area (Å²) in [5.74, 6) is -0.743. The van der Waals surface area contributed by atoms with Gasteiger partial charge in [0.15, 0.2) is 5.60 Å². The van der Waals surface area contributed by atoms with Crippen molar-refractivity contribution in [2.75, 3.05) is 11.9 Å². The lowest BCUT2D eigenvalue weighted by atomic mass is 10.1. The van der Waals surface area contributed by atoms with Gasteiger partial charge >= 0.3 is 5.97 Å². The normalized spacial score (nSPS) is 14.5. The number of carboxylic acid groups (broad SMARTS) is 1. The molecule has 0 saturated heterocycles. The molecule has 0 bridgehead atoms. The third kappa shape index (κ3) is 2.34. The predicted octanol–water partition coefficient (Wildman–Crippen LogP) is 0.939. The Morgan fingerprint density at radius 1 is 1.59 bits per heavy atom. The summed E-state index contributed by atoms with van der Waals surface area (Å²) in [7, 11) is 0. The fraction of sp³-hybridized carbons (Fsp3) is 0.300. The zero-order valence-corrected chi connectivity index (χ0v) is 9.86. The van der Waals surface area contributed by atoms with Crippen LogP contribution in [0.4, 0.5) is 5.82 Å². The Bertz CT molecular complexity index is 552. The highest BCUT2D eigenvalue weighted by atomic mass is 32.1. The van der Waals surface area contributed by atoms with Gasteiger partial charge in [-0.05, 0) is 18.4 Å². The molecule has 0 aliphatic carbocycles. The van der Waals surface area contributed by atoms with Crippen LogP contribution in [0, 0.1) is 0 Å². The number of aromatic nitrogens is 2. The Morgan fingerprint density at radius 2 is 2.35 bits per heavy atom. The van der Waals surface area contributed by atoms with Crippen LogP contribution in [-0.4, -0.2) is 38.3 Å². The van der Waals surface area contributed by atoms with Crippen LogP contribution in [-0.2, 0) is 4.79 Å². The molecule has 0 aliphatic rings. The van der Waals surface area contributed by atoms with Crippen molar-refractivity contribution in [2.24, 2.45) is 0 Å². The molecule has 0 radical (unpaired) electrons. The summed E-state index contributed by atoms with van der Waals surface area (Å²) in [6.07, 6.45) is 1.40. The molecular formula is C10H11N3O3S. The first-order valence-corrected chi connectivity index (χ1v) is 5.76. The molecular weight excluding hydrogens is 242 g/mol. The van der Waals surface area contributed by atoms with Crippen LogP contribution in [0.3, 0.4) is 0 Å². The van der Waals surface area contributed by atoms with Gasteiger partial charge in [-0.1, -0.05) is 0 Å². The van der Waals surface area contributed by atoms with E-state index in [0.29, 0.717) is 5.82 Å². The SMILES string of the molecule is CC(O)(CNc1ncnc2ccsc12)C(=O)O. The zero-order chi connectivity index (χ0) is 12.5. The average Bonchev–Trinajstić information content (AvgIpc) is 2.74. The number of rotatable bonds is 4. The summed E-state index contributed by atoms with van der Waals surface area (Å²) in [4.78, 5) is 18.8. The Labute approximate surface area is 101 Å². The molecule has 17 heavy (non-hydrogen) atoms. The smallest absolute Gasteiger partial charge is 0.337 e. The van der Waals surface area contributed by atoms with E-state index < -0.39 is 11.6 Å². The number of aliphatic carboxylic acids is 1. The monoisotopic (exact) mass is 253 g/mol. The second-order valence-electron chi connectivity index (χ2n) is 3.79. The standard InChI is InChI=1S/C10H11N3O3S/c1-10(16,9(14)15)4-11-8-7-6(2-3-17-7)12-5-13-8/h2-3,5,16H,4H2,1H3,(H,14,15)(H,11,12,13). The van der Waals surface area contributed by atoms with Crippen molar-refractivity contribution >= 4 is 33.3 Å². The summed E-state index contributed by atoms with van der Waals surface area (Å²) in [5, 5.41) is 23.0. The number of aliphatic hydroxyl groups is 1. The van der Waals surface area contributed by atoms with Gasteiger partial charge in [0.1, 0.15) is 12.1 Å². The predicted molar refractivity (Wildman–Crippen MR) is 64.2 cm³/mol. The molecule has 0 spiro atoms. The lowest BCUT2D eigenvalue weighted by Gasteiger charge is -2.18. The van der Waals surface area contributed by atoms with E-state index in [0.717, 1.165) is 10.2 Å². The topological polar surface area (TPSA) is 95.3 Å². The molecule has 6 nitrogen and oxygen atoms in total. The maximum atomic E-state index is 10.7. The highest BCUT2D eigenvalue weighted by Crippen LogP contribution is 2.25. The lowest BCUT2D eigenvalue weighted by molar-refractivity contribution is -0.155. The van der Waals surface area contributed by atoms with Crippen LogP contribution in [0.15, 0.2) is 17.8 Å². The second kappa shape index (κ2) is 4.27. The lowest BCUT2D eigenvalue weighted by Crippen LogP contribution is -2.41. The van der Waals surface area contributed by atoms with Crippen molar-refractivity contribution < 1.29 is 15.0 Å². The first kappa shape index (κ1) is 11.7.